The third-order valence-electron chi connectivity index (χ3n) is 3.66. The fourth-order valence-corrected chi connectivity index (χ4v) is 2.49. The molecule has 14 heavy (non-hydrogen) atoms. The zero-order chi connectivity index (χ0) is 9.80. The van der Waals surface area contributed by atoms with E-state index < -0.39 is 0 Å². The summed E-state index contributed by atoms with van der Waals surface area (Å²) < 4.78 is 5.51. The largest absolute Gasteiger partial charge is 0.380 e. The van der Waals surface area contributed by atoms with E-state index in [9.17, 15) is 0 Å². The lowest BCUT2D eigenvalue weighted by molar-refractivity contribution is 0.0418. The van der Waals surface area contributed by atoms with Gasteiger partial charge >= 0.3 is 0 Å². The number of hydrogen-bond donors (Lipinski definition) is 1. The van der Waals surface area contributed by atoms with Crippen molar-refractivity contribution in [3.8, 4) is 0 Å². The van der Waals surface area contributed by atoms with Crippen molar-refractivity contribution in [2.75, 3.05) is 13.7 Å². The summed E-state index contributed by atoms with van der Waals surface area (Å²) in [4.78, 5) is 0. The van der Waals surface area contributed by atoms with E-state index >= 15 is 0 Å². The quantitative estimate of drug-likeness (QED) is 0.730. The molecule has 0 aliphatic heterocycles. The summed E-state index contributed by atoms with van der Waals surface area (Å²) in [6, 6.07) is 0.632. The molecule has 2 aliphatic carbocycles. The Hall–Kier alpha value is -0.0800. The minimum Gasteiger partial charge on any atom is -0.380 e. The van der Waals surface area contributed by atoms with Gasteiger partial charge in [-0.25, -0.2) is 0 Å². The van der Waals surface area contributed by atoms with Crippen molar-refractivity contribution in [1.29, 1.82) is 0 Å². The minimum atomic E-state index is 0.475. The maximum Gasteiger partial charge on any atom is 0.0724 e. The van der Waals surface area contributed by atoms with E-state index in [0.29, 0.717) is 12.1 Å². The topological polar surface area (TPSA) is 21.3 Å². The van der Waals surface area contributed by atoms with Crippen LogP contribution >= 0.6 is 0 Å². The van der Waals surface area contributed by atoms with E-state index in [1.165, 1.54) is 51.5 Å². The summed E-state index contributed by atoms with van der Waals surface area (Å²) in [6.45, 7) is 1.20. The molecule has 2 heteroatoms. The zero-order valence-electron chi connectivity index (χ0n) is 9.30. The van der Waals surface area contributed by atoms with Gasteiger partial charge in [0.2, 0.25) is 0 Å². The fourth-order valence-electron chi connectivity index (χ4n) is 2.49. The highest BCUT2D eigenvalue weighted by atomic mass is 16.5. The molecule has 82 valence electrons. The van der Waals surface area contributed by atoms with E-state index in [1.54, 1.807) is 0 Å². The molecule has 0 bridgehead atoms. The molecule has 2 unspecified atom stereocenters. The lowest BCUT2D eigenvalue weighted by Crippen LogP contribution is -2.43. The lowest BCUT2D eigenvalue weighted by atomic mass is 9.92. The molecule has 2 atom stereocenters. The van der Waals surface area contributed by atoms with Crippen molar-refractivity contribution in [3.05, 3.63) is 0 Å². The normalized spacial score (nSPS) is 33.2. The molecule has 2 nitrogen and oxygen atoms in total. The molecule has 0 aromatic rings. The highest BCUT2D eigenvalue weighted by Gasteiger charge is 2.25. The van der Waals surface area contributed by atoms with Gasteiger partial charge in [-0.3, -0.25) is 0 Å². The standard InChI is InChI=1S/C12H23NO/c1-14-12-5-3-2-4-11(12)13-9-8-10-6-7-10/h10-13H,2-9H2,1H3. The average Bonchev–Trinajstić information content (AvgIpc) is 3.03. The van der Waals surface area contributed by atoms with Crippen molar-refractivity contribution >= 4 is 0 Å². The van der Waals surface area contributed by atoms with E-state index in [1.807, 2.05) is 7.11 Å². The van der Waals surface area contributed by atoms with Crippen LogP contribution in [0, 0.1) is 5.92 Å². The lowest BCUT2D eigenvalue weighted by Gasteiger charge is -2.31. The van der Waals surface area contributed by atoms with Gasteiger partial charge < -0.3 is 10.1 Å². The van der Waals surface area contributed by atoms with Crippen LogP contribution in [0.5, 0.6) is 0 Å². The van der Waals surface area contributed by atoms with Crippen molar-refractivity contribution in [2.45, 2.75) is 57.1 Å². The van der Waals surface area contributed by atoms with Crippen LogP contribution in [0.4, 0.5) is 0 Å². The first kappa shape index (κ1) is 10.4. The van der Waals surface area contributed by atoms with Crippen LogP contribution in [0.25, 0.3) is 0 Å². The van der Waals surface area contributed by atoms with E-state index in [4.69, 9.17) is 4.74 Å². The van der Waals surface area contributed by atoms with Gasteiger partial charge in [-0.15, -0.1) is 0 Å². The Morgan fingerprint density at radius 2 is 1.93 bits per heavy atom. The Bertz CT molecular complexity index is 168. The van der Waals surface area contributed by atoms with Gasteiger partial charge in [0.15, 0.2) is 0 Å². The van der Waals surface area contributed by atoms with Gasteiger partial charge in [0, 0.05) is 13.2 Å². The van der Waals surface area contributed by atoms with Gasteiger partial charge in [-0.05, 0) is 31.7 Å². The van der Waals surface area contributed by atoms with E-state index in [2.05, 4.69) is 5.32 Å². The second kappa shape index (κ2) is 5.13. The first-order chi connectivity index (χ1) is 6.90. The predicted octanol–water partition coefficient (Wildman–Crippen LogP) is 2.33. The summed E-state index contributed by atoms with van der Waals surface area (Å²) in [7, 11) is 1.85. The Morgan fingerprint density at radius 3 is 2.64 bits per heavy atom. The van der Waals surface area contributed by atoms with Gasteiger partial charge in [0.1, 0.15) is 0 Å². The number of methoxy groups -OCH3 is 1. The molecular weight excluding hydrogens is 174 g/mol. The second-order valence-corrected chi connectivity index (χ2v) is 4.85. The van der Waals surface area contributed by atoms with Crippen LogP contribution in [0.1, 0.15) is 44.9 Å². The smallest absolute Gasteiger partial charge is 0.0724 e. The molecule has 0 spiro atoms. The monoisotopic (exact) mass is 197 g/mol. The molecule has 0 aromatic carbocycles. The average molecular weight is 197 g/mol. The molecule has 0 heterocycles. The van der Waals surface area contributed by atoms with Crippen molar-refractivity contribution in [3.63, 3.8) is 0 Å². The third-order valence-corrected chi connectivity index (χ3v) is 3.66. The summed E-state index contributed by atoms with van der Waals surface area (Å²) >= 11 is 0. The van der Waals surface area contributed by atoms with Crippen molar-refractivity contribution in [2.24, 2.45) is 5.92 Å². The molecule has 0 saturated heterocycles. The molecule has 2 saturated carbocycles. The van der Waals surface area contributed by atoms with Gasteiger partial charge in [0.25, 0.3) is 0 Å². The Labute approximate surface area is 87.4 Å². The zero-order valence-corrected chi connectivity index (χ0v) is 9.30. The summed E-state index contributed by atoms with van der Waals surface area (Å²) in [5, 5.41) is 3.67. The van der Waals surface area contributed by atoms with Crippen molar-refractivity contribution in [1.82, 2.24) is 5.32 Å². The molecule has 0 amide bonds. The van der Waals surface area contributed by atoms with Crippen LogP contribution in [-0.4, -0.2) is 25.8 Å². The Morgan fingerprint density at radius 1 is 1.14 bits per heavy atom. The molecule has 2 fully saturated rings. The highest BCUT2D eigenvalue weighted by Crippen LogP contribution is 2.32. The maximum absolute atomic E-state index is 5.51. The van der Waals surface area contributed by atoms with E-state index in [0.717, 1.165) is 5.92 Å². The molecule has 2 rings (SSSR count). The predicted molar refractivity (Wildman–Crippen MR) is 58.4 cm³/mol. The number of ether oxygens (including phenoxy) is 1. The van der Waals surface area contributed by atoms with Gasteiger partial charge in [-0.1, -0.05) is 25.7 Å². The van der Waals surface area contributed by atoms with Crippen LogP contribution in [-0.2, 0) is 4.74 Å². The SMILES string of the molecule is COC1CCCCC1NCCC1CC1. The Balaban J connectivity index is 1.64. The molecule has 0 radical (unpaired) electrons. The van der Waals surface area contributed by atoms with E-state index in [-0.39, 0.29) is 0 Å². The number of nitrogens with one attached hydrogen (secondary N) is 1. The molecule has 2 aliphatic rings. The first-order valence-electron chi connectivity index (χ1n) is 6.16. The second-order valence-electron chi connectivity index (χ2n) is 4.85. The van der Waals surface area contributed by atoms with Crippen molar-refractivity contribution < 1.29 is 4.74 Å². The summed E-state index contributed by atoms with van der Waals surface area (Å²) in [5.41, 5.74) is 0. The highest BCUT2D eigenvalue weighted by molar-refractivity contribution is 4.82. The maximum atomic E-state index is 5.51. The van der Waals surface area contributed by atoms with Gasteiger partial charge in [0.05, 0.1) is 6.10 Å². The van der Waals surface area contributed by atoms with Crippen LogP contribution in [0.3, 0.4) is 0 Å². The number of rotatable bonds is 5. The Kier molecular flexibility index (Phi) is 3.82. The molecule has 1 N–H and O–H groups in total. The minimum absolute atomic E-state index is 0.475. The molecule has 0 aromatic heterocycles. The van der Waals surface area contributed by atoms with Gasteiger partial charge in [-0.2, -0.15) is 0 Å². The fraction of sp³-hybridized carbons (Fsp3) is 1.00. The summed E-state index contributed by atoms with van der Waals surface area (Å²) in [5.74, 6) is 1.05. The van der Waals surface area contributed by atoms with Crippen LogP contribution in [0.15, 0.2) is 0 Å². The number of hydrogen-bond acceptors (Lipinski definition) is 2. The summed E-state index contributed by atoms with van der Waals surface area (Å²) in [6.07, 6.45) is 10.1. The third kappa shape index (κ3) is 2.96. The van der Waals surface area contributed by atoms with Crippen LogP contribution in [0.2, 0.25) is 0 Å². The molecular formula is C12H23NO. The first-order valence-corrected chi connectivity index (χ1v) is 6.16. The van der Waals surface area contributed by atoms with Crippen LogP contribution < -0.4 is 5.32 Å².